The van der Waals surface area contributed by atoms with Crippen LogP contribution >= 0.6 is 0 Å². The number of aliphatic hydroxyl groups is 1. The number of likely N-dealkylation sites (N-methyl/N-ethyl adjacent to an activating group) is 1. The summed E-state index contributed by atoms with van der Waals surface area (Å²) in [5, 5.41) is 11.8. The zero-order chi connectivity index (χ0) is 12.0. The highest BCUT2D eigenvalue weighted by Gasteiger charge is 2.15. The van der Waals surface area contributed by atoms with E-state index in [2.05, 4.69) is 5.32 Å². The minimum absolute atomic E-state index is 0.0130. The number of carbonyl (C=O) groups is 1. The van der Waals surface area contributed by atoms with Crippen LogP contribution in [0.5, 0.6) is 0 Å². The van der Waals surface area contributed by atoms with Gasteiger partial charge in [0.1, 0.15) is 0 Å². The number of amides is 1. The zero-order valence-electron chi connectivity index (χ0n) is 10.4. The van der Waals surface area contributed by atoms with Gasteiger partial charge in [-0.05, 0) is 33.7 Å². The molecule has 4 nitrogen and oxygen atoms in total. The highest BCUT2D eigenvalue weighted by Crippen LogP contribution is 2.00. The minimum Gasteiger partial charge on any atom is -0.396 e. The van der Waals surface area contributed by atoms with Crippen molar-refractivity contribution in [3.63, 3.8) is 0 Å². The molecule has 2 atom stereocenters. The van der Waals surface area contributed by atoms with Gasteiger partial charge < -0.3 is 10.4 Å². The number of rotatable bonds is 6. The number of carbonyl (C=O) groups excluding carboxylic acids is 1. The molecule has 15 heavy (non-hydrogen) atoms. The first-order valence-corrected chi connectivity index (χ1v) is 5.49. The first kappa shape index (κ1) is 14.4. The number of nitrogens with one attached hydrogen (secondary N) is 1. The van der Waals surface area contributed by atoms with Gasteiger partial charge in [0.05, 0.1) is 6.54 Å². The summed E-state index contributed by atoms with van der Waals surface area (Å²) in [6, 6.07) is 0.379. The fourth-order valence-corrected chi connectivity index (χ4v) is 1.01. The van der Waals surface area contributed by atoms with Crippen LogP contribution in [0.3, 0.4) is 0 Å². The first-order chi connectivity index (χ1) is 6.88. The third-order valence-electron chi connectivity index (χ3n) is 2.80. The van der Waals surface area contributed by atoms with Gasteiger partial charge in [-0.15, -0.1) is 0 Å². The molecule has 0 aliphatic rings. The van der Waals surface area contributed by atoms with Crippen molar-refractivity contribution in [3.8, 4) is 0 Å². The van der Waals surface area contributed by atoms with Crippen LogP contribution in [0, 0.1) is 5.92 Å². The van der Waals surface area contributed by atoms with Gasteiger partial charge >= 0.3 is 0 Å². The Hall–Kier alpha value is -0.610. The van der Waals surface area contributed by atoms with E-state index in [-0.39, 0.29) is 24.5 Å². The van der Waals surface area contributed by atoms with Crippen molar-refractivity contribution in [2.75, 3.05) is 20.2 Å². The third-order valence-corrected chi connectivity index (χ3v) is 2.80. The van der Waals surface area contributed by atoms with Gasteiger partial charge in [0.15, 0.2) is 0 Å². The molecular weight excluding hydrogens is 192 g/mol. The molecule has 0 aromatic rings. The Morgan fingerprint density at radius 1 is 1.33 bits per heavy atom. The summed E-state index contributed by atoms with van der Waals surface area (Å²) in [5.41, 5.74) is 0. The zero-order valence-corrected chi connectivity index (χ0v) is 10.4. The van der Waals surface area contributed by atoms with E-state index in [9.17, 15) is 4.79 Å². The van der Waals surface area contributed by atoms with Crippen LogP contribution in [0.2, 0.25) is 0 Å². The van der Waals surface area contributed by atoms with Crippen molar-refractivity contribution in [2.24, 2.45) is 5.92 Å². The Morgan fingerprint density at radius 3 is 2.27 bits per heavy atom. The lowest BCUT2D eigenvalue weighted by Gasteiger charge is -2.23. The molecule has 0 fully saturated rings. The van der Waals surface area contributed by atoms with Crippen LogP contribution in [0.15, 0.2) is 0 Å². The van der Waals surface area contributed by atoms with E-state index in [1.807, 2.05) is 39.6 Å². The molecule has 0 rings (SSSR count). The molecule has 1 amide bonds. The third kappa shape index (κ3) is 5.74. The van der Waals surface area contributed by atoms with Gasteiger partial charge in [0.25, 0.3) is 0 Å². The van der Waals surface area contributed by atoms with Crippen molar-refractivity contribution in [1.29, 1.82) is 0 Å². The van der Waals surface area contributed by atoms with E-state index in [1.54, 1.807) is 0 Å². The number of nitrogens with zero attached hydrogens (tertiary/aromatic N) is 1. The summed E-state index contributed by atoms with van der Waals surface area (Å²) in [6.45, 7) is 8.42. The second-order valence-electron chi connectivity index (χ2n) is 4.52. The van der Waals surface area contributed by atoms with E-state index >= 15 is 0 Å². The van der Waals surface area contributed by atoms with Gasteiger partial charge in [-0.25, -0.2) is 0 Å². The average Bonchev–Trinajstić information content (AvgIpc) is 2.15. The minimum atomic E-state index is 0.0130. The van der Waals surface area contributed by atoms with E-state index in [1.165, 1.54) is 0 Å². The lowest BCUT2D eigenvalue weighted by molar-refractivity contribution is -0.123. The summed E-state index contributed by atoms with van der Waals surface area (Å²) in [6.07, 6.45) is 0. The highest BCUT2D eigenvalue weighted by atomic mass is 16.3. The predicted octanol–water partition coefficient (Wildman–Crippen LogP) is 0.460. The summed E-state index contributed by atoms with van der Waals surface area (Å²) in [4.78, 5) is 13.5. The van der Waals surface area contributed by atoms with Crippen molar-refractivity contribution >= 4 is 5.91 Å². The Labute approximate surface area is 92.7 Å². The van der Waals surface area contributed by atoms with Gasteiger partial charge in [0, 0.05) is 18.7 Å². The van der Waals surface area contributed by atoms with Crippen LogP contribution in [0.1, 0.15) is 27.7 Å². The lowest BCUT2D eigenvalue weighted by atomic mass is 10.1. The maximum absolute atomic E-state index is 11.6. The maximum Gasteiger partial charge on any atom is 0.234 e. The topological polar surface area (TPSA) is 52.6 Å². The second-order valence-corrected chi connectivity index (χ2v) is 4.52. The summed E-state index contributed by atoms with van der Waals surface area (Å²) in [5.74, 6) is 0.109. The Balaban J connectivity index is 3.93. The fourth-order valence-electron chi connectivity index (χ4n) is 1.01. The quantitative estimate of drug-likeness (QED) is 0.678. The van der Waals surface area contributed by atoms with E-state index in [0.717, 1.165) is 0 Å². The largest absolute Gasteiger partial charge is 0.396 e. The molecule has 4 heteroatoms. The standard InChI is InChI=1S/C11H24N2O2/c1-8(2)13(5)6-11(15)12-10(4)9(3)7-14/h8-10,14H,6-7H2,1-5H3,(H,12,15). The molecule has 0 aliphatic carbocycles. The Bertz CT molecular complexity index is 195. The molecule has 0 aliphatic heterocycles. The van der Waals surface area contributed by atoms with Crippen LogP contribution in [0.4, 0.5) is 0 Å². The summed E-state index contributed by atoms with van der Waals surface area (Å²) in [7, 11) is 1.92. The van der Waals surface area contributed by atoms with Gasteiger partial charge in [-0.3, -0.25) is 9.69 Å². The van der Waals surface area contributed by atoms with Crippen LogP contribution in [0.25, 0.3) is 0 Å². The smallest absolute Gasteiger partial charge is 0.234 e. The van der Waals surface area contributed by atoms with Gasteiger partial charge in [-0.1, -0.05) is 6.92 Å². The van der Waals surface area contributed by atoms with Crippen LogP contribution in [-0.2, 0) is 4.79 Å². The van der Waals surface area contributed by atoms with E-state index < -0.39 is 0 Å². The Kier molecular flexibility index (Phi) is 6.52. The van der Waals surface area contributed by atoms with Crippen molar-refractivity contribution in [2.45, 2.75) is 39.8 Å². The average molecular weight is 216 g/mol. The number of aliphatic hydroxyl groups excluding tert-OH is 1. The molecule has 2 N–H and O–H groups in total. The summed E-state index contributed by atoms with van der Waals surface area (Å²) < 4.78 is 0. The van der Waals surface area contributed by atoms with Gasteiger partial charge in [0.2, 0.25) is 5.91 Å². The molecule has 0 heterocycles. The molecule has 0 radical (unpaired) electrons. The van der Waals surface area contributed by atoms with E-state index in [4.69, 9.17) is 5.11 Å². The molecule has 0 saturated heterocycles. The Morgan fingerprint density at radius 2 is 1.87 bits per heavy atom. The molecule has 0 aromatic heterocycles. The molecule has 2 unspecified atom stereocenters. The second kappa shape index (κ2) is 6.80. The molecule has 0 saturated carbocycles. The number of hydrogen-bond donors (Lipinski definition) is 2. The normalized spacial score (nSPS) is 15.5. The predicted molar refractivity (Wildman–Crippen MR) is 61.6 cm³/mol. The molecule has 0 bridgehead atoms. The van der Waals surface area contributed by atoms with Crippen LogP contribution < -0.4 is 5.32 Å². The van der Waals surface area contributed by atoms with Crippen molar-refractivity contribution in [1.82, 2.24) is 10.2 Å². The maximum atomic E-state index is 11.6. The monoisotopic (exact) mass is 216 g/mol. The molecule has 90 valence electrons. The molecular formula is C11H24N2O2. The summed E-state index contributed by atoms with van der Waals surface area (Å²) >= 11 is 0. The van der Waals surface area contributed by atoms with Crippen LogP contribution in [-0.4, -0.2) is 48.2 Å². The van der Waals surface area contributed by atoms with Crippen molar-refractivity contribution < 1.29 is 9.90 Å². The molecule has 0 aromatic carbocycles. The highest BCUT2D eigenvalue weighted by molar-refractivity contribution is 5.78. The molecule has 0 spiro atoms. The lowest BCUT2D eigenvalue weighted by Crippen LogP contribution is -2.44. The van der Waals surface area contributed by atoms with Crippen molar-refractivity contribution in [3.05, 3.63) is 0 Å². The van der Waals surface area contributed by atoms with Gasteiger partial charge in [-0.2, -0.15) is 0 Å². The first-order valence-electron chi connectivity index (χ1n) is 5.49. The van der Waals surface area contributed by atoms with E-state index in [0.29, 0.717) is 12.6 Å². The SMILES string of the molecule is CC(CO)C(C)NC(=O)CN(C)C(C)C. The number of hydrogen-bond acceptors (Lipinski definition) is 3. The fraction of sp³-hybridized carbons (Fsp3) is 0.909.